The Morgan fingerprint density at radius 3 is 2.31 bits per heavy atom. The Hall–Kier alpha value is -1.15. The molecule has 0 radical (unpaired) electrons. The second-order valence-electron chi connectivity index (χ2n) is 5.04. The first kappa shape index (κ1) is 11.3. The van der Waals surface area contributed by atoms with Gasteiger partial charge in [0.25, 0.3) is 0 Å². The van der Waals surface area contributed by atoms with Crippen LogP contribution in [-0.4, -0.2) is 17.7 Å². The van der Waals surface area contributed by atoms with Crippen molar-refractivity contribution in [2.24, 2.45) is 5.41 Å². The molecule has 0 amide bonds. The zero-order valence-electron chi connectivity index (χ0n) is 10.1. The molecule has 0 saturated heterocycles. The largest absolute Gasteiger partial charge is 0.303 e. The van der Waals surface area contributed by atoms with Crippen molar-refractivity contribution in [1.29, 1.82) is 0 Å². The summed E-state index contributed by atoms with van der Waals surface area (Å²) < 4.78 is 0. The van der Waals surface area contributed by atoms with Crippen molar-refractivity contribution in [3.05, 3.63) is 35.4 Å². The Balaban J connectivity index is 2.04. The van der Waals surface area contributed by atoms with Crippen molar-refractivity contribution in [2.75, 3.05) is 6.54 Å². The number of carbonyl (C=O) groups is 1. The van der Waals surface area contributed by atoms with Gasteiger partial charge in [0.2, 0.25) is 0 Å². The maximum absolute atomic E-state index is 11.1. The molecule has 0 aliphatic carbocycles. The molecule has 2 rings (SSSR count). The van der Waals surface area contributed by atoms with Crippen molar-refractivity contribution in [2.45, 2.75) is 33.4 Å². The number of hydrogen-bond donors (Lipinski definition) is 0. The van der Waals surface area contributed by atoms with E-state index < -0.39 is 0 Å². The highest BCUT2D eigenvalue weighted by Gasteiger charge is 2.27. The molecule has 1 aliphatic rings. The highest BCUT2D eigenvalue weighted by Crippen LogP contribution is 2.27. The average molecular weight is 217 g/mol. The average Bonchev–Trinajstić information content (AvgIpc) is 2.70. The number of rotatable bonds is 4. The summed E-state index contributed by atoms with van der Waals surface area (Å²) in [5.74, 6) is 0. The minimum absolute atomic E-state index is 0.192. The van der Waals surface area contributed by atoms with Crippen LogP contribution in [0.4, 0.5) is 0 Å². The third kappa shape index (κ3) is 2.17. The minimum atomic E-state index is -0.192. The summed E-state index contributed by atoms with van der Waals surface area (Å²) in [4.78, 5) is 13.5. The predicted molar refractivity (Wildman–Crippen MR) is 65.0 cm³/mol. The van der Waals surface area contributed by atoms with E-state index in [1.54, 1.807) is 0 Å². The summed E-state index contributed by atoms with van der Waals surface area (Å²) in [6.45, 7) is 6.96. The van der Waals surface area contributed by atoms with Crippen LogP contribution in [0.3, 0.4) is 0 Å². The molecule has 1 aromatic rings. The number of hydrogen-bond acceptors (Lipinski definition) is 2. The van der Waals surface area contributed by atoms with Crippen LogP contribution in [0.2, 0.25) is 0 Å². The molecule has 2 heteroatoms. The standard InChI is InChI=1S/C14H19NO/c1-3-14(2,11-16)10-15-8-12-6-4-5-7-13(12)9-15/h4-7,11H,3,8-10H2,1-2H3. The molecule has 0 saturated carbocycles. The lowest BCUT2D eigenvalue weighted by Gasteiger charge is -2.27. The van der Waals surface area contributed by atoms with Crippen LogP contribution >= 0.6 is 0 Å². The Morgan fingerprint density at radius 2 is 1.88 bits per heavy atom. The van der Waals surface area contributed by atoms with Crippen molar-refractivity contribution >= 4 is 6.29 Å². The van der Waals surface area contributed by atoms with E-state index in [4.69, 9.17) is 0 Å². The van der Waals surface area contributed by atoms with Gasteiger partial charge in [0, 0.05) is 25.0 Å². The van der Waals surface area contributed by atoms with Gasteiger partial charge in [-0.05, 0) is 17.5 Å². The molecular weight excluding hydrogens is 198 g/mol. The zero-order valence-corrected chi connectivity index (χ0v) is 10.1. The second-order valence-corrected chi connectivity index (χ2v) is 5.04. The van der Waals surface area contributed by atoms with Gasteiger partial charge in [-0.2, -0.15) is 0 Å². The molecule has 1 aliphatic heterocycles. The van der Waals surface area contributed by atoms with Crippen molar-refractivity contribution in [1.82, 2.24) is 4.90 Å². The molecule has 1 aromatic carbocycles. The fraction of sp³-hybridized carbons (Fsp3) is 0.500. The van der Waals surface area contributed by atoms with Crippen LogP contribution in [0, 0.1) is 5.41 Å². The first-order valence-electron chi connectivity index (χ1n) is 5.92. The van der Waals surface area contributed by atoms with Crippen molar-refractivity contribution in [3.8, 4) is 0 Å². The summed E-state index contributed by atoms with van der Waals surface area (Å²) in [7, 11) is 0. The minimum Gasteiger partial charge on any atom is -0.303 e. The predicted octanol–water partition coefficient (Wildman–Crippen LogP) is 2.62. The Morgan fingerprint density at radius 1 is 1.31 bits per heavy atom. The van der Waals surface area contributed by atoms with Gasteiger partial charge >= 0.3 is 0 Å². The first-order valence-corrected chi connectivity index (χ1v) is 5.92. The fourth-order valence-corrected chi connectivity index (χ4v) is 2.26. The molecule has 86 valence electrons. The lowest BCUT2D eigenvalue weighted by Crippen LogP contribution is -2.33. The number of nitrogens with zero attached hydrogens (tertiary/aromatic N) is 1. The van der Waals surface area contributed by atoms with Gasteiger partial charge in [0.15, 0.2) is 0 Å². The van der Waals surface area contributed by atoms with Gasteiger partial charge in [0.05, 0.1) is 0 Å². The van der Waals surface area contributed by atoms with Crippen LogP contribution in [-0.2, 0) is 17.9 Å². The van der Waals surface area contributed by atoms with Crippen LogP contribution in [0.1, 0.15) is 31.4 Å². The van der Waals surface area contributed by atoms with E-state index in [1.165, 1.54) is 11.1 Å². The highest BCUT2D eigenvalue weighted by molar-refractivity contribution is 5.59. The fourth-order valence-electron chi connectivity index (χ4n) is 2.26. The van der Waals surface area contributed by atoms with Gasteiger partial charge in [-0.1, -0.05) is 38.1 Å². The van der Waals surface area contributed by atoms with E-state index in [0.717, 1.165) is 32.3 Å². The van der Waals surface area contributed by atoms with E-state index in [2.05, 4.69) is 36.1 Å². The first-order chi connectivity index (χ1) is 7.67. The summed E-state index contributed by atoms with van der Waals surface area (Å²) in [6.07, 6.45) is 2.01. The molecular formula is C14H19NO. The summed E-state index contributed by atoms with van der Waals surface area (Å²) in [6, 6.07) is 8.53. The smallest absolute Gasteiger partial charge is 0.127 e. The molecule has 0 spiro atoms. The van der Waals surface area contributed by atoms with E-state index >= 15 is 0 Å². The van der Waals surface area contributed by atoms with Crippen molar-refractivity contribution in [3.63, 3.8) is 0 Å². The maximum Gasteiger partial charge on any atom is 0.127 e. The van der Waals surface area contributed by atoms with Gasteiger partial charge in [-0.15, -0.1) is 0 Å². The number of aldehydes is 1. The molecule has 1 atom stereocenters. The molecule has 1 heterocycles. The topological polar surface area (TPSA) is 20.3 Å². The van der Waals surface area contributed by atoms with Crippen molar-refractivity contribution < 1.29 is 4.79 Å². The van der Waals surface area contributed by atoms with Gasteiger partial charge in [0.1, 0.15) is 6.29 Å². The quantitative estimate of drug-likeness (QED) is 0.723. The molecule has 0 aromatic heterocycles. The van der Waals surface area contributed by atoms with Gasteiger partial charge in [-0.3, -0.25) is 4.90 Å². The summed E-state index contributed by atoms with van der Waals surface area (Å²) in [5, 5.41) is 0. The SMILES string of the molecule is CCC(C)(C=O)CN1Cc2ccccc2C1. The second kappa shape index (κ2) is 4.38. The third-order valence-corrected chi connectivity index (χ3v) is 3.58. The lowest BCUT2D eigenvalue weighted by atomic mass is 9.89. The van der Waals surface area contributed by atoms with E-state index in [0.29, 0.717) is 0 Å². The molecule has 0 bridgehead atoms. The normalized spacial score (nSPS) is 19.1. The van der Waals surface area contributed by atoms with E-state index in [1.807, 2.05) is 6.92 Å². The number of benzene rings is 1. The Labute approximate surface area is 97.3 Å². The van der Waals surface area contributed by atoms with Crippen LogP contribution in [0.25, 0.3) is 0 Å². The summed E-state index contributed by atoms with van der Waals surface area (Å²) >= 11 is 0. The highest BCUT2D eigenvalue weighted by atomic mass is 16.1. The monoisotopic (exact) mass is 217 g/mol. The number of carbonyl (C=O) groups excluding carboxylic acids is 1. The Bertz CT molecular complexity index is 363. The molecule has 16 heavy (non-hydrogen) atoms. The Kier molecular flexibility index (Phi) is 3.10. The lowest BCUT2D eigenvalue weighted by molar-refractivity contribution is -0.116. The summed E-state index contributed by atoms with van der Waals surface area (Å²) in [5.41, 5.74) is 2.63. The van der Waals surface area contributed by atoms with Crippen LogP contribution < -0.4 is 0 Å². The molecule has 1 unspecified atom stereocenters. The number of fused-ring (bicyclic) bond motifs is 1. The van der Waals surface area contributed by atoms with Gasteiger partial charge < -0.3 is 4.79 Å². The molecule has 0 fully saturated rings. The third-order valence-electron chi connectivity index (χ3n) is 3.58. The van der Waals surface area contributed by atoms with Crippen LogP contribution in [0.15, 0.2) is 24.3 Å². The zero-order chi connectivity index (χ0) is 11.6. The van der Waals surface area contributed by atoms with Crippen LogP contribution in [0.5, 0.6) is 0 Å². The molecule has 2 nitrogen and oxygen atoms in total. The molecule has 0 N–H and O–H groups in total. The van der Waals surface area contributed by atoms with Gasteiger partial charge in [-0.25, -0.2) is 0 Å². The van der Waals surface area contributed by atoms with E-state index in [-0.39, 0.29) is 5.41 Å². The van der Waals surface area contributed by atoms with E-state index in [9.17, 15) is 4.79 Å². The maximum atomic E-state index is 11.1.